The number of ether oxygens (including phenoxy) is 1. The van der Waals surface area contributed by atoms with E-state index in [1.165, 1.54) is 11.1 Å². The number of rotatable bonds is 3. The molecule has 0 spiro atoms. The van der Waals surface area contributed by atoms with Gasteiger partial charge in [0.25, 0.3) is 0 Å². The molecule has 2 atom stereocenters. The first-order valence-electron chi connectivity index (χ1n) is 6.03. The quantitative estimate of drug-likeness (QED) is 0.666. The Morgan fingerprint density at radius 3 is 3.00 bits per heavy atom. The summed E-state index contributed by atoms with van der Waals surface area (Å²) in [5, 5.41) is 0. The molecule has 1 saturated heterocycles. The summed E-state index contributed by atoms with van der Waals surface area (Å²) in [6.45, 7) is 3.76. The molecule has 3 N–H and O–H groups in total. The van der Waals surface area contributed by atoms with E-state index in [2.05, 4.69) is 46.5 Å². The van der Waals surface area contributed by atoms with Gasteiger partial charge in [0.1, 0.15) is 0 Å². The van der Waals surface area contributed by atoms with Crippen LogP contribution in [0, 0.1) is 12.8 Å². The third-order valence-electron chi connectivity index (χ3n) is 3.40. The summed E-state index contributed by atoms with van der Waals surface area (Å²) >= 11 is 3.65. The normalized spacial score (nSPS) is 22.4. The molecule has 0 aromatic heterocycles. The van der Waals surface area contributed by atoms with E-state index in [-0.39, 0.29) is 6.04 Å². The zero-order valence-electron chi connectivity index (χ0n) is 10.1. The van der Waals surface area contributed by atoms with Crippen LogP contribution in [0.3, 0.4) is 0 Å². The number of aryl methyl sites for hydroxylation is 1. The number of halogens is 1. The van der Waals surface area contributed by atoms with Crippen molar-refractivity contribution < 1.29 is 4.74 Å². The molecule has 17 heavy (non-hydrogen) atoms. The molecule has 0 saturated carbocycles. The minimum Gasteiger partial charge on any atom is -0.381 e. The van der Waals surface area contributed by atoms with Crippen molar-refractivity contribution in [2.75, 3.05) is 13.2 Å². The highest BCUT2D eigenvalue weighted by Crippen LogP contribution is 2.33. The first-order valence-corrected chi connectivity index (χ1v) is 6.82. The number of nitrogens with two attached hydrogens (primary N) is 1. The molecule has 1 aliphatic heterocycles. The second-order valence-corrected chi connectivity index (χ2v) is 5.39. The summed E-state index contributed by atoms with van der Waals surface area (Å²) < 4.78 is 6.69. The molecule has 0 bridgehead atoms. The van der Waals surface area contributed by atoms with Crippen LogP contribution in [-0.2, 0) is 4.74 Å². The van der Waals surface area contributed by atoms with Crippen molar-refractivity contribution in [3.8, 4) is 0 Å². The lowest BCUT2D eigenvalue weighted by atomic mass is 9.88. The maximum absolute atomic E-state index is 5.73. The Hall–Kier alpha value is -0.420. The van der Waals surface area contributed by atoms with Crippen molar-refractivity contribution in [2.45, 2.75) is 25.8 Å². The van der Waals surface area contributed by atoms with Crippen LogP contribution in [0.5, 0.6) is 0 Å². The molecule has 1 aromatic rings. The lowest BCUT2D eigenvalue weighted by Gasteiger charge is -2.30. The average molecular weight is 299 g/mol. The van der Waals surface area contributed by atoms with E-state index in [1.54, 1.807) is 0 Å². The van der Waals surface area contributed by atoms with E-state index < -0.39 is 0 Å². The van der Waals surface area contributed by atoms with Gasteiger partial charge in [0.2, 0.25) is 0 Å². The van der Waals surface area contributed by atoms with Crippen molar-refractivity contribution >= 4 is 15.9 Å². The SMILES string of the molecule is Cc1cccc(C(NN)C2CCCOC2)c1Br. The van der Waals surface area contributed by atoms with Gasteiger partial charge in [-0.1, -0.05) is 34.1 Å². The summed E-state index contributed by atoms with van der Waals surface area (Å²) in [6, 6.07) is 6.45. The van der Waals surface area contributed by atoms with Gasteiger partial charge in [-0.15, -0.1) is 0 Å². The lowest BCUT2D eigenvalue weighted by molar-refractivity contribution is 0.0389. The minimum atomic E-state index is 0.157. The highest BCUT2D eigenvalue weighted by molar-refractivity contribution is 9.10. The molecule has 2 rings (SSSR count). The molecule has 94 valence electrons. The maximum atomic E-state index is 5.73. The second kappa shape index (κ2) is 5.96. The van der Waals surface area contributed by atoms with Crippen LogP contribution in [0.25, 0.3) is 0 Å². The summed E-state index contributed by atoms with van der Waals surface area (Å²) in [5.74, 6) is 6.18. The van der Waals surface area contributed by atoms with Gasteiger partial charge in [0.15, 0.2) is 0 Å². The molecule has 0 aliphatic carbocycles. The zero-order chi connectivity index (χ0) is 12.3. The van der Waals surface area contributed by atoms with Crippen molar-refractivity contribution in [2.24, 2.45) is 11.8 Å². The number of benzene rings is 1. The second-order valence-electron chi connectivity index (χ2n) is 4.60. The third-order valence-corrected chi connectivity index (χ3v) is 4.49. The Labute approximate surface area is 111 Å². The number of nitrogens with one attached hydrogen (secondary N) is 1. The van der Waals surface area contributed by atoms with Crippen LogP contribution in [0.15, 0.2) is 22.7 Å². The maximum Gasteiger partial charge on any atom is 0.0521 e. The molecular weight excluding hydrogens is 280 g/mol. The molecule has 0 radical (unpaired) electrons. The van der Waals surface area contributed by atoms with E-state index in [0.29, 0.717) is 5.92 Å². The van der Waals surface area contributed by atoms with Crippen molar-refractivity contribution in [1.29, 1.82) is 0 Å². The lowest BCUT2D eigenvalue weighted by Crippen LogP contribution is -2.37. The Balaban J connectivity index is 2.24. The van der Waals surface area contributed by atoms with Crippen molar-refractivity contribution in [3.63, 3.8) is 0 Å². The first-order chi connectivity index (χ1) is 8.24. The summed E-state index contributed by atoms with van der Waals surface area (Å²) in [4.78, 5) is 0. The van der Waals surface area contributed by atoms with Gasteiger partial charge in [-0.2, -0.15) is 0 Å². The predicted molar refractivity (Wildman–Crippen MR) is 72.5 cm³/mol. The largest absolute Gasteiger partial charge is 0.381 e. The number of hydrazine groups is 1. The highest BCUT2D eigenvalue weighted by atomic mass is 79.9. The minimum absolute atomic E-state index is 0.157. The average Bonchev–Trinajstić information content (AvgIpc) is 2.37. The Bertz CT molecular complexity index is 378. The molecule has 1 aliphatic rings. The first kappa shape index (κ1) is 13.0. The van der Waals surface area contributed by atoms with Gasteiger partial charge in [0.05, 0.1) is 12.6 Å². The molecule has 3 nitrogen and oxygen atoms in total. The van der Waals surface area contributed by atoms with E-state index in [0.717, 1.165) is 30.5 Å². The van der Waals surface area contributed by atoms with Gasteiger partial charge >= 0.3 is 0 Å². The summed E-state index contributed by atoms with van der Waals surface area (Å²) in [6.07, 6.45) is 2.28. The van der Waals surface area contributed by atoms with Gasteiger partial charge in [-0.3, -0.25) is 11.3 Å². The molecule has 1 aromatic carbocycles. The van der Waals surface area contributed by atoms with Crippen LogP contribution < -0.4 is 11.3 Å². The highest BCUT2D eigenvalue weighted by Gasteiger charge is 2.26. The molecule has 4 heteroatoms. The van der Waals surface area contributed by atoms with E-state index >= 15 is 0 Å². The molecule has 1 fully saturated rings. The van der Waals surface area contributed by atoms with Crippen LogP contribution in [0.4, 0.5) is 0 Å². The van der Waals surface area contributed by atoms with E-state index in [4.69, 9.17) is 10.6 Å². The number of hydrogen-bond acceptors (Lipinski definition) is 3. The van der Waals surface area contributed by atoms with Crippen LogP contribution >= 0.6 is 15.9 Å². The van der Waals surface area contributed by atoms with Crippen molar-refractivity contribution in [1.82, 2.24) is 5.43 Å². The smallest absolute Gasteiger partial charge is 0.0521 e. The third kappa shape index (κ3) is 2.88. The molecular formula is C13H19BrN2O. The van der Waals surface area contributed by atoms with Crippen LogP contribution in [0.1, 0.15) is 30.0 Å². The van der Waals surface area contributed by atoms with Crippen LogP contribution in [0.2, 0.25) is 0 Å². The fourth-order valence-electron chi connectivity index (χ4n) is 2.42. The van der Waals surface area contributed by atoms with Gasteiger partial charge in [-0.25, -0.2) is 0 Å². The molecule has 2 unspecified atom stereocenters. The van der Waals surface area contributed by atoms with Crippen molar-refractivity contribution in [3.05, 3.63) is 33.8 Å². The molecule has 0 amide bonds. The van der Waals surface area contributed by atoms with Gasteiger partial charge in [0, 0.05) is 17.0 Å². The standard InChI is InChI=1S/C13H19BrN2O/c1-9-4-2-6-11(12(9)14)13(16-15)10-5-3-7-17-8-10/h2,4,6,10,13,16H,3,5,7-8,15H2,1H3. The Morgan fingerprint density at radius 1 is 1.53 bits per heavy atom. The van der Waals surface area contributed by atoms with Gasteiger partial charge in [-0.05, 0) is 30.9 Å². The van der Waals surface area contributed by atoms with Gasteiger partial charge < -0.3 is 4.74 Å². The number of hydrogen-bond donors (Lipinski definition) is 2. The summed E-state index contributed by atoms with van der Waals surface area (Å²) in [7, 11) is 0. The van der Waals surface area contributed by atoms with E-state index in [9.17, 15) is 0 Å². The van der Waals surface area contributed by atoms with Crippen LogP contribution in [-0.4, -0.2) is 13.2 Å². The predicted octanol–water partition coefficient (Wildman–Crippen LogP) is 2.69. The monoisotopic (exact) mass is 298 g/mol. The molecule has 1 heterocycles. The zero-order valence-corrected chi connectivity index (χ0v) is 11.7. The van der Waals surface area contributed by atoms with E-state index in [1.807, 2.05) is 0 Å². The Morgan fingerprint density at radius 2 is 2.35 bits per heavy atom. The topological polar surface area (TPSA) is 47.3 Å². The fraction of sp³-hybridized carbons (Fsp3) is 0.538. The summed E-state index contributed by atoms with van der Waals surface area (Å²) in [5.41, 5.74) is 5.41. The Kier molecular flexibility index (Phi) is 4.56. The fourth-order valence-corrected chi connectivity index (χ4v) is 2.93.